The summed E-state index contributed by atoms with van der Waals surface area (Å²) in [4.78, 5) is 21.9. The van der Waals surface area contributed by atoms with E-state index in [0.29, 0.717) is 13.1 Å². The largest absolute Gasteiger partial charge is 0.302 e. The van der Waals surface area contributed by atoms with Crippen molar-refractivity contribution in [2.45, 2.75) is 69.2 Å². The minimum atomic E-state index is -1.00. The van der Waals surface area contributed by atoms with Gasteiger partial charge in [-0.25, -0.2) is 4.39 Å². The monoisotopic (exact) mass is 495 g/mol. The lowest BCUT2D eigenvalue weighted by atomic mass is 9.77. The Morgan fingerprint density at radius 3 is 2.00 bits per heavy atom. The molecule has 1 saturated heterocycles. The van der Waals surface area contributed by atoms with Crippen molar-refractivity contribution >= 4 is 11.6 Å². The molecule has 3 aliphatic heterocycles. The van der Waals surface area contributed by atoms with Crippen molar-refractivity contribution in [3.8, 4) is 0 Å². The lowest BCUT2D eigenvalue weighted by Crippen LogP contribution is -2.61. The van der Waals surface area contributed by atoms with E-state index in [4.69, 9.17) is 0 Å². The highest BCUT2D eigenvalue weighted by Crippen LogP contribution is 2.60. The van der Waals surface area contributed by atoms with E-state index in [0.717, 1.165) is 62.0 Å². The van der Waals surface area contributed by atoms with Crippen LogP contribution in [0.4, 0.5) is 10.1 Å². The number of carbonyl (C=O) groups excluding carboxylic acids is 1. The van der Waals surface area contributed by atoms with Gasteiger partial charge in [-0.1, -0.05) is 80.4 Å². The molecule has 3 aromatic rings. The Bertz CT molecular complexity index is 1290. The van der Waals surface area contributed by atoms with E-state index in [1.807, 2.05) is 12.1 Å². The Hall–Kier alpha value is -3.02. The lowest BCUT2D eigenvalue weighted by molar-refractivity contribution is -0.140. The molecule has 0 N–H and O–H groups in total. The zero-order valence-corrected chi connectivity index (χ0v) is 21.5. The van der Waals surface area contributed by atoms with Gasteiger partial charge in [0.25, 0.3) is 5.91 Å². The van der Waals surface area contributed by atoms with Crippen molar-refractivity contribution in [3.05, 3.63) is 101 Å². The smallest absolute Gasteiger partial charge is 0.268 e. The highest BCUT2D eigenvalue weighted by molar-refractivity contribution is 6.10. The van der Waals surface area contributed by atoms with E-state index < -0.39 is 5.66 Å². The highest BCUT2D eigenvalue weighted by Gasteiger charge is 2.66. The van der Waals surface area contributed by atoms with Crippen molar-refractivity contribution in [3.63, 3.8) is 0 Å². The molecular weight excluding hydrogens is 461 g/mol. The van der Waals surface area contributed by atoms with Crippen LogP contribution < -0.4 is 4.90 Å². The molecule has 0 radical (unpaired) electrons. The molecule has 37 heavy (non-hydrogen) atoms. The normalized spacial score (nSPS) is 23.9. The summed E-state index contributed by atoms with van der Waals surface area (Å²) in [6.45, 7) is 5.05. The van der Waals surface area contributed by atoms with Crippen LogP contribution >= 0.6 is 0 Å². The molecular formula is C32H34FN3O. The van der Waals surface area contributed by atoms with Crippen LogP contribution in [0.15, 0.2) is 72.8 Å². The molecule has 1 atom stereocenters. The van der Waals surface area contributed by atoms with Crippen LogP contribution in [-0.2, 0) is 23.5 Å². The van der Waals surface area contributed by atoms with Crippen LogP contribution in [0.25, 0.3) is 0 Å². The van der Waals surface area contributed by atoms with Crippen LogP contribution in [0, 0.1) is 5.82 Å². The maximum absolute atomic E-state index is 15.4. The van der Waals surface area contributed by atoms with Crippen molar-refractivity contribution in [1.29, 1.82) is 0 Å². The summed E-state index contributed by atoms with van der Waals surface area (Å²) in [6.07, 6.45) is 5.29. The van der Waals surface area contributed by atoms with Gasteiger partial charge in [-0.3, -0.25) is 14.6 Å². The van der Waals surface area contributed by atoms with E-state index in [1.54, 1.807) is 12.1 Å². The summed E-state index contributed by atoms with van der Waals surface area (Å²) in [7, 11) is 0. The number of amides is 1. The van der Waals surface area contributed by atoms with Gasteiger partial charge in [-0.05, 0) is 54.0 Å². The van der Waals surface area contributed by atoms with Crippen molar-refractivity contribution in [2.24, 2.45) is 0 Å². The minimum Gasteiger partial charge on any atom is -0.302 e. The third kappa shape index (κ3) is 3.30. The summed E-state index contributed by atoms with van der Waals surface area (Å²) >= 11 is 0. The summed E-state index contributed by atoms with van der Waals surface area (Å²) in [6, 6.07) is 24.1. The Morgan fingerprint density at radius 2 is 1.43 bits per heavy atom. The second-order valence-electron chi connectivity index (χ2n) is 11.6. The first-order valence-electron chi connectivity index (χ1n) is 13.8. The number of halogens is 1. The molecule has 1 aliphatic carbocycles. The zero-order valence-electron chi connectivity index (χ0n) is 21.5. The van der Waals surface area contributed by atoms with Gasteiger partial charge < -0.3 is 4.90 Å². The van der Waals surface area contributed by atoms with Gasteiger partial charge >= 0.3 is 0 Å². The number of fused-ring (bicyclic) bond motifs is 2. The minimum absolute atomic E-state index is 0.132. The third-order valence-corrected chi connectivity index (χ3v) is 9.42. The SMILES string of the molecule is CC1CC2(CCCC2)N2C(=O)C3(c4cc(F)cc1c42)N(Cc1ccccc1)CCN3Cc1ccccc1. The zero-order chi connectivity index (χ0) is 25.2. The standard InChI is InChI=1S/C32H34FN3O/c1-23-20-31(14-8-9-15-31)36-29-27(23)18-26(33)19-28(29)32(30(36)37)34(21-24-10-4-2-5-11-24)16-17-35(32)22-25-12-6-3-7-13-25/h2-7,10-13,18-19,23H,8-9,14-17,20-22H2,1H3. The number of hydrogen-bond donors (Lipinski definition) is 0. The maximum Gasteiger partial charge on any atom is 0.268 e. The topological polar surface area (TPSA) is 26.8 Å². The average molecular weight is 496 g/mol. The first kappa shape index (κ1) is 23.1. The van der Waals surface area contributed by atoms with Crippen molar-refractivity contribution < 1.29 is 9.18 Å². The molecule has 5 heteroatoms. The van der Waals surface area contributed by atoms with E-state index in [1.165, 1.54) is 11.1 Å². The van der Waals surface area contributed by atoms with Crippen LogP contribution in [0.5, 0.6) is 0 Å². The fraction of sp³-hybridized carbons (Fsp3) is 0.406. The first-order valence-corrected chi connectivity index (χ1v) is 13.8. The quantitative estimate of drug-likeness (QED) is 0.434. The first-order chi connectivity index (χ1) is 18.0. The van der Waals surface area contributed by atoms with E-state index in [9.17, 15) is 0 Å². The van der Waals surface area contributed by atoms with Crippen LogP contribution in [0.1, 0.15) is 67.2 Å². The summed E-state index contributed by atoms with van der Waals surface area (Å²) in [5.74, 6) is 0.129. The van der Waals surface area contributed by atoms with Gasteiger partial charge in [0, 0.05) is 37.3 Å². The van der Waals surface area contributed by atoms with E-state index >= 15 is 9.18 Å². The van der Waals surface area contributed by atoms with Gasteiger partial charge in [0.15, 0.2) is 5.66 Å². The van der Waals surface area contributed by atoms with Gasteiger partial charge in [0.2, 0.25) is 0 Å². The molecule has 1 amide bonds. The molecule has 4 nitrogen and oxygen atoms in total. The van der Waals surface area contributed by atoms with Gasteiger partial charge in [-0.15, -0.1) is 0 Å². The molecule has 3 aromatic carbocycles. The predicted molar refractivity (Wildman–Crippen MR) is 143 cm³/mol. The number of hydrogen-bond acceptors (Lipinski definition) is 3. The molecule has 0 bridgehead atoms. The number of carbonyl (C=O) groups is 1. The highest BCUT2D eigenvalue weighted by atomic mass is 19.1. The number of nitrogens with zero attached hydrogens (tertiary/aromatic N) is 3. The lowest BCUT2D eigenvalue weighted by Gasteiger charge is -2.47. The molecule has 2 fully saturated rings. The molecule has 190 valence electrons. The predicted octanol–water partition coefficient (Wildman–Crippen LogP) is 6.16. The molecule has 7 rings (SSSR count). The van der Waals surface area contributed by atoms with Gasteiger partial charge in [-0.2, -0.15) is 0 Å². The summed E-state index contributed by atoms with van der Waals surface area (Å²) in [5.41, 5.74) is 4.05. The average Bonchev–Trinajstić information content (AvgIpc) is 3.57. The van der Waals surface area contributed by atoms with Crippen molar-refractivity contribution in [1.82, 2.24) is 9.80 Å². The van der Waals surface area contributed by atoms with Crippen LogP contribution in [0.3, 0.4) is 0 Å². The second-order valence-corrected chi connectivity index (χ2v) is 11.6. The second kappa shape index (κ2) is 8.50. The maximum atomic E-state index is 15.4. The molecule has 2 spiro atoms. The molecule has 4 aliphatic rings. The molecule has 1 saturated carbocycles. The van der Waals surface area contributed by atoms with Crippen LogP contribution in [-0.4, -0.2) is 34.3 Å². The summed E-state index contributed by atoms with van der Waals surface area (Å²) in [5, 5.41) is 0. The molecule has 0 aromatic heterocycles. The Morgan fingerprint density at radius 1 is 0.865 bits per heavy atom. The van der Waals surface area contributed by atoms with Gasteiger partial charge in [0.1, 0.15) is 5.82 Å². The van der Waals surface area contributed by atoms with Gasteiger partial charge in [0.05, 0.1) is 5.69 Å². The number of benzene rings is 3. The summed E-state index contributed by atoms with van der Waals surface area (Å²) < 4.78 is 15.4. The third-order valence-electron chi connectivity index (χ3n) is 9.42. The fourth-order valence-electron chi connectivity index (χ4n) is 7.94. The molecule has 1 unspecified atom stereocenters. The molecule has 3 heterocycles. The number of rotatable bonds is 4. The van der Waals surface area contributed by atoms with Crippen molar-refractivity contribution in [2.75, 3.05) is 18.0 Å². The Kier molecular flexibility index (Phi) is 5.31. The Labute approximate surface area is 218 Å². The Balaban J connectivity index is 1.44. The number of anilines is 1. The van der Waals surface area contributed by atoms with E-state index in [2.05, 4.69) is 70.2 Å². The van der Waals surface area contributed by atoms with Crippen LogP contribution in [0.2, 0.25) is 0 Å². The fourth-order valence-corrected chi connectivity index (χ4v) is 7.94. The van der Waals surface area contributed by atoms with E-state index in [-0.39, 0.29) is 23.2 Å².